The molecule has 0 bridgehead atoms. The molecule has 2 heteroatoms. The Bertz CT molecular complexity index is 546. The van der Waals surface area contributed by atoms with Crippen LogP contribution in [0, 0.1) is 22.7 Å². The number of ketones is 1. The van der Waals surface area contributed by atoms with Gasteiger partial charge in [-0.1, -0.05) is 53.2 Å². The van der Waals surface area contributed by atoms with E-state index in [1.165, 1.54) is 42.1 Å². The number of halogens is 1. The lowest BCUT2D eigenvalue weighted by Gasteiger charge is -2.53. The van der Waals surface area contributed by atoms with Crippen LogP contribution in [0.5, 0.6) is 0 Å². The van der Waals surface area contributed by atoms with E-state index >= 15 is 0 Å². The van der Waals surface area contributed by atoms with Gasteiger partial charge < -0.3 is 0 Å². The summed E-state index contributed by atoms with van der Waals surface area (Å²) in [5.74, 6) is 2.09. The van der Waals surface area contributed by atoms with E-state index in [0.29, 0.717) is 11.2 Å². The third-order valence-corrected chi connectivity index (χ3v) is 8.65. The van der Waals surface area contributed by atoms with Crippen LogP contribution in [-0.4, -0.2) is 10.2 Å². The molecule has 0 heterocycles. The minimum Gasteiger partial charge on any atom is -0.295 e. The van der Waals surface area contributed by atoms with Crippen LogP contribution in [0.3, 0.4) is 0 Å². The van der Waals surface area contributed by atoms with Crippen LogP contribution < -0.4 is 0 Å². The Morgan fingerprint density at radius 1 is 1.29 bits per heavy atom. The highest BCUT2D eigenvalue weighted by Crippen LogP contribution is 2.63. The predicted octanol–water partition coefficient (Wildman–Crippen LogP) is 5.24. The minimum atomic E-state index is 0.219. The van der Waals surface area contributed by atoms with Gasteiger partial charge in [0.2, 0.25) is 0 Å². The van der Waals surface area contributed by atoms with Gasteiger partial charge in [-0.3, -0.25) is 4.79 Å². The molecule has 0 amide bonds. The minimum absolute atomic E-state index is 0.219. The average Bonchev–Trinajstić information content (AvgIpc) is 2.92. The Morgan fingerprint density at radius 3 is 2.95 bits per heavy atom. The maximum absolute atomic E-state index is 11.8. The lowest BCUT2D eigenvalue weighted by molar-refractivity contribution is -0.115. The van der Waals surface area contributed by atoms with E-state index in [4.69, 9.17) is 0 Å². The van der Waals surface area contributed by atoms with Crippen LogP contribution in [0.25, 0.3) is 0 Å². The third kappa shape index (κ3) is 1.96. The van der Waals surface area contributed by atoms with Gasteiger partial charge in [0.25, 0.3) is 0 Å². The Kier molecular flexibility index (Phi) is 3.40. The standard InChI is InChI=1S/C19H25IO/c1-18-9-6-14(21)11-13(18)4-5-15-16(18)7-10-19(12-20)8-2-3-17(15)19/h7,11,15,17H,2-6,8-10,12H2,1H3/t15-,17+,18+,19+/m1/s1. The fourth-order valence-electron chi connectivity index (χ4n) is 5.89. The molecule has 2 saturated carbocycles. The van der Waals surface area contributed by atoms with Gasteiger partial charge in [0.1, 0.15) is 0 Å². The number of allylic oxidation sites excluding steroid dienone is 4. The quantitative estimate of drug-likeness (QED) is 0.336. The van der Waals surface area contributed by atoms with Crippen molar-refractivity contribution in [2.75, 3.05) is 4.43 Å². The normalized spacial score (nSPS) is 45.3. The summed E-state index contributed by atoms with van der Waals surface area (Å²) >= 11 is 2.64. The fourth-order valence-corrected chi connectivity index (χ4v) is 7.15. The molecule has 1 nitrogen and oxygen atoms in total. The zero-order valence-electron chi connectivity index (χ0n) is 13.0. The predicted molar refractivity (Wildman–Crippen MR) is 94.5 cm³/mol. The van der Waals surface area contributed by atoms with Crippen LogP contribution >= 0.6 is 22.6 Å². The number of carbonyl (C=O) groups is 1. The molecule has 4 atom stereocenters. The van der Waals surface area contributed by atoms with Crippen molar-refractivity contribution in [1.29, 1.82) is 0 Å². The largest absolute Gasteiger partial charge is 0.295 e. The molecule has 0 unspecified atom stereocenters. The molecule has 0 aromatic heterocycles. The van der Waals surface area contributed by atoms with E-state index in [-0.39, 0.29) is 5.41 Å². The maximum Gasteiger partial charge on any atom is 0.155 e. The van der Waals surface area contributed by atoms with Crippen molar-refractivity contribution >= 4 is 28.4 Å². The van der Waals surface area contributed by atoms with Crippen LogP contribution in [0.1, 0.15) is 58.3 Å². The van der Waals surface area contributed by atoms with Gasteiger partial charge in [0, 0.05) is 16.3 Å². The van der Waals surface area contributed by atoms with Crippen molar-refractivity contribution in [2.24, 2.45) is 22.7 Å². The van der Waals surface area contributed by atoms with E-state index in [9.17, 15) is 4.79 Å². The lowest BCUT2D eigenvalue weighted by Crippen LogP contribution is -2.44. The average molecular weight is 396 g/mol. The number of fused-ring (bicyclic) bond motifs is 5. The summed E-state index contributed by atoms with van der Waals surface area (Å²) in [6.07, 6.45) is 14.5. The van der Waals surface area contributed by atoms with Gasteiger partial charge in [-0.2, -0.15) is 0 Å². The zero-order valence-corrected chi connectivity index (χ0v) is 15.1. The second-order valence-electron chi connectivity index (χ2n) is 7.97. The number of carbonyl (C=O) groups excluding carboxylic acids is 1. The third-order valence-electron chi connectivity index (χ3n) is 7.13. The Balaban J connectivity index is 1.76. The summed E-state index contributed by atoms with van der Waals surface area (Å²) in [6.45, 7) is 2.43. The van der Waals surface area contributed by atoms with Crippen LogP contribution in [-0.2, 0) is 4.79 Å². The molecule has 0 aromatic carbocycles. The molecule has 0 N–H and O–H groups in total. The first-order chi connectivity index (χ1) is 10.1. The lowest BCUT2D eigenvalue weighted by atomic mass is 9.52. The van der Waals surface area contributed by atoms with Gasteiger partial charge >= 0.3 is 0 Å². The number of rotatable bonds is 1. The first-order valence-corrected chi connectivity index (χ1v) is 10.1. The molecule has 0 aromatic rings. The summed E-state index contributed by atoms with van der Waals surface area (Å²) in [7, 11) is 0. The Morgan fingerprint density at radius 2 is 2.14 bits per heavy atom. The summed E-state index contributed by atoms with van der Waals surface area (Å²) in [6, 6.07) is 0. The first kappa shape index (κ1) is 14.5. The van der Waals surface area contributed by atoms with Crippen molar-refractivity contribution in [3.05, 3.63) is 23.3 Å². The van der Waals surface area contributed by atoms with Crippen molar-refractivity contribution in [3.63, 3.8) is 0 Å². The molecule has 2 fully saturated rings. The molecule has 4 aliphatic carbocycles. The number of hydrogen-bond acceptors (Lipinski definition) is 1. The highest BCUT2D eigenvalue weighted by Gasteiger charge is 2.53. The Labute approximate surface area is 141 Å². The summed E-state index contributed by atoms with van der Waals surface area (Å²) in [4.78, 5) is 11.8. The van der Waals surface area contributed by atoms with Gasteiger partial charge in [0.05, 0.1) is 0 Å². The van der Waals surface area contributed by atoms with Gasteiger partial charge in [-0.05, 0) is 61.9 Å². The van der Waals surface area contributed by atoms with E-state index < -0.39 is 0 Å². The number of hydrogen-bond donors (Lipinski definition) is 0. The van der Waals surface area contributed by atoms with E-state index in [1.807, 2.05) is 6.08 Å². The molecule has 4 aliphatic rings. The molecule has 4 rings (SSSR count). The van der Waals surface area contributed by atoms with E-state index in [1.54, 1.807) is 5.57 Å². The molecule has 21 heavy (non-hydrogen) atoms. The SMILES string of the molecule is C[C@]12CCC(=O)C=C1CC[C@@H]1C2=CC[C@]2(CI)CCC[C@@H]12. The topological polar surface area (TPSA) is 17.1 Å². The highest BCUT2D eigenvalue weighted by molar-refractivity contribution is 14.1. The van der Waals surface area contributed by atoms with Crippen molar-refractivity contribution < 1.29 is 4.79 Å². The molecule has 0 radical (unpaired) electrons. The summed E-state index contributed by atoms with van der Waals surface area (Å²) in [5.41, 5.74) is 3.99. The zero-order chi connectivity index (χ0) is 14.7. The monoisotopic (exact) mass is 396 g/mol. The number of alkyl halides is 1. The van der Waals surface area contributed by atoms with Crippen molar-refractivity contribution in [2.45, 2.75) is 58.3 Å². The van der Waals surface area contributed by atoms with Crippen LogP contribution in [0.15, 0.2) is 23.3 Å². The summed E-state index contributed by atoms with van der Waals surface area (Å²) in [5, 5.41) is 0. The van der Waals surface area contributed by atoms with Crippen molar-refractivity contribution in [1.82, 2.24) is 0 Å². The van der Waals surface area contributed by atoms with E-state index in [0.717, 1.165) is 31.1 Å². The first-order valence-electron chi connectivity index (χ1n) is 8.59. The van der Waals surface area contributed by atoms with E-state index in [2.05, 4.69) is 35.6 Å². The highest BCUT2D eigenvalue weighted by atomic mass is 127. The molecule has 0 spiro atoms. The second kappa shape index (κ2) is 4.94. The van der Waals surface area contributed by atoms with Crippen LogP contribution in [0.2, 0.25) is 0 Å². The maximum atomic E-state index is 11.8. The van der Waals surface area contributed by atoms with Gasteiger partial charge in [-0.15, -0.1) is 0 Å². The molecular weight excluding hydrogens is 371 g/mol. The Hall–Kier alpha value is -0.120. The molecule has 0 aliphatic heterocycles. The van der Waals surface area contributed by atoms with Gasteiger partial charge in [0.15, 0.2) is 5.78 Å². The van der Waals surface area contributed by atoms with Gasteiger partial charge in [-0.25, -0.2) is 0 Å². The summed E-state index contributed by atoms with van der Waals surface area (Å²) < 4.78 is 1.33. The van der Waals surface area contributed by atoms with Crippen LogP contribution in [0.4, 0.5) is 0 Å². The molecular formula is C19H25IO. The second-order valence-corrected chi connectivity index (χ2v) is 8.73. The smallest absolute Gasteiger partial charge is 0.155 e. The van der Waals surface area contributed by atoms with Crippen molar-refractivity contribution in [3.8, 4) is 0 Å². The molecule has 0 saturated heterocycles. The molecule has 114 valence electrons. The fraction of sp³-hybridized carbons (Fsp3) is 0.737.